The van der Waals surface area contributed by atoms with Gasteiger partial charge in [0.05, 0.1) is 30.7 Å². The lowest BCUT2D eigenvalue weighted by Gasteiger charge is -2.40. The molecule has 1 aliphatic carbocycles. The van der Waals surface area contributed by atoms with Crippen LogP contribution in [-0.2, 0) is 9.53 Å². The highest BCUT2D eigenvalue weighted by molar-refractivity contribution is 5.96. The number of anilines is 1. The maximum Gasteiger partial charge on any atom is 0.331 e. The van der Waals surface area contributed by atoms with E-state index in [0.717, 1.165) is 12.8 Å². The molecule has 1 fully saturated rings. The van der Waals surface area contributed by atoms with Crippen molar-refractivity contribution in [2.45, 2.75) is 51.5 Å². The van der Waals surface area contributed by atoms with Crippen LogP contribution in [0.1, 0.15) is 51.6 Å². The summed E-state index contributed by atoms with van der Waals surface area (Å²) in [4.78, 5) is 31.8. The standard InChI is InChI=1S/C22H28N4O4/c1-4-7-16(23)17-13-19(27)25-20(24-17)15-12-14(8-9-18(15)30-5-2)26-22(10-6-11-22)21(28)29-3/h8-9,12-13,23,26H,4-7,10-11H2,1-3H3,(H,24,25,27). The van der Waals surface area contributed by atoms with Gasteiger partial charge in [-0.15, -0.1) is 0 Å². The van der Waals surface area contributed by atoms with Crippen molar-refractivity contribution in [1.29, 1.82) is 5.41 Å². The normalized spacial score (nSPS) is 14.5. The Morgan fingerprint density at radius 2 is 2.07 bits per heavy atom. The summed E-state index contributed by atoms with van der Waals surface area (Å²) in [7, 11) is 1.39. The van der Waals surface area contributed by atoms with Gasteiger partial charge < -0.3 is 25.2 Å². The zero-order chi connectivity index (χ0) is 21.7. The molecule has 1 aromatic heterocycles. The molecule has 1 saturated carbocycles. The molecule has 3 rings (SSSR count). The van der Waals surface area contributed by atoms with E-state index in [4.69, 9.17) is 14.9 Å². The Kier molecular flexibility index (Phi) is 6.54. The first-order valence-electron chi connectivity index (χ1n) is 10.3. The third kappa shape index (κ3) is 4.37. The van der Waals surface area contributed by atoms with Gasteiger partial charge in [-0.2, -0.15) is 0 Å². The molecule has 0 aliphatic heterocycles. The molecule has 1 aliphatic rings. The number of carbonyl (C=O) groups excluding carboxylic acids is 1. The first kappa shape index (κ1) is 21.5. The minimum atomic E-state index is -0.731. The van der Waals surface area contributed by atoms with E-state index in [2.05, 4.69) is 15.3 Å². The number of methoxy groups -OCH3 is 1. The molecule has 160 valence electrons. The molecule has 0 saturated heterocycles. The fourth-order valence-corrected chi connectivity index (χ4v) is 3.57. The predicted octanol–water partition coefficient (Wildman–Crippen LogP) is 3.51. The van der Waals surface area contributed by atoms with Gasteiger partial charge in [-0.25, -0.2) is 9.78 Å². The minimum Gasteiger partial charge on any atom is -0.493 e. The summed E-state index contributed by atoms with van der Waals surface area (Å²) in [6.07, 6.45) is 3.67. The van der Waals surface area contributed by atoms with Crippen LogP contribution in [0.2, 0.25) is 0 Å². The molecule has 30 heavy (non-hydrogen) atoms. The van der Waals surface area contributed by atoms with Crippen LogP contribution in [0.5, 0.6) is 5.75 Å². The van der Waals surface area contributed by atoms with Gasteiger partial charge in [-0.1, -0.05) is 13.3 Å². The van der Waals surface area contributed by atoms with Crippen molar-refractivity contribution >= 4 is 17.4 Å². The molecule has 0 atom stereocenters. The smallest absolute Gasteiger partial charge is 0.331 e. The number of benzene rings is 1. The van der Waals surface area contributed by atoms with E-state index in [-0.39, 0.29) is 11.5 Å². The number of aromatic amines is 1. The van der Waals surface area contributed by atoms with Crippen molar-refractivity contribution in [1.82, 2.24) is 9.97 Å². The maximum absolute atomic E-state index is 12.3. The summed E-state index contributed by atoms with van der Waals surface area (Å²) in [6.45, 7) is 4.30. The highest BCUT2D eigenvalue weighted by Gasteiger charge is 2.45. The van der Waals surface area contributed by atoms with E-state index in [0.29, 0.717) is 60.1 Å². The summed E-state index contributed by atoms with van der Waals surface area (Å²) < 4.78 is 10.7. The van der Waals surface area contributed by atoms with Crippen molar-refractivity contribution in [2.24, 2.45) is 0 Å². The predicted molar refractivity (Wildman–Crippen MR) is 115 cm³/mol. The maximum atomic E-state index is 12.3. The van der Waals surface area contributed by atoms with E-state index in [1.54, 1.807) is 12.1 Å². The molecular weight excluding hydrogens is 384 g/mol. The number of ether oxygens (including phenoxy) is 2. The second-order valence-electron chi connectivity index (χ2n) is 7.40. The van der Waals surface area contributed by atoms with Gasteiger partial charge in [0.1, 0.15) is 17.1 Å². The van der Waals surface area contributed by atoms with Gasteiger partial charge in [0.15, 0.2) is 0 Å². The number of esters is 1. The van der Waals surface area contributed by atoms with Crippen LogP contribution in [0.4, 0.5) is 5.69 Å². The molecule has 0 radical (unpaired) electrons. The molecule has 1 heterocycles. The zero-order valence-corrected chi connectivity index (χ0v) is 17.6. The highest BCUT2D eigenvalue weighted by Crippen LogP contribution is 2.38. The van der Waals surface area contributed by atoms with Crippen molar-refractivity contribution in [3.63, 3.8) is 0 Å². The van der Waals surface area contributed by atoms with Crippen molar-refractivity contribution in [3.8, 4) is 17.1 Å². The molecule has 3 N–H and O–H groups in total. The lowest BCUT2D eigenvalue weighted by Crippen LogP contribution is -2.52. The molecule has 2 aromatic rings. The first-order valence-corrected chi connectivity index (χ1v) is 10.3. The van der Waals surface area contributed by atoms with Gasteiger partial charge >= 0.3 is 5.97 Å². The number of hydrogen-bond acceptors (Lipinski definition) is 7. The van der Waals surface area contributed by atoms with E-state index < -0.39 is 5.54 Å². The Morgan fingerprint density at radius 3 is 2.67 bits per heavy atom. The minimum absolute atomic E-state index is 0.286. The SMILES string of the molecule is CCCC(=N)c1cc(=O)[nH]c(-c2cc(NC3(C(=O)OC)CCC3)ccc2OCC)n1. The fourth-order valence-electron chi connectivity index (χ4n) is 3.57. The van der Waals surface area contributed by atoms with E-state index in [1.807, 2.05) is 19.9 Å². The van der Waals surface area contributed by atoms with Crippen molar-refractivity contribution in [3.05, 3.63) is 40.3 Å². The second-order valence-corrected chi connectivity index (χ2v) is 7.40. The monoisotopic (exact) mass is 412 g/mol. The van der Waals surface area contributed by atoms with Crippen LogP contribution < -0.4 is 15.6 Å². The van der Waals surface area contributed by atoms with Crippen LogP contribution in [0.15, 0.2) is 29.1 Å². The largest absolute Gasteiger partial charge is 0.493 e. The quantitative estimate of drug-likeness (QED) is 0.429. The molecule has 0 spiro atoms. The van der Waals surface area contributed by atoms with E-state index >= 15 is 0 Å². The third-order valence-electron chi connectivity index (χ3n) is 5.25. The molecular formula is C22H28N4O4. The lowest BCUT2D eigenvalue weighted by molar-refractivity contribution is -0.149. The average molecular weight is 412 g/mol. The average Bonchev–Trinajstić information content (AvgIpc) is 2.71. The molecule has 8 heteroatoms. The summed E-state index contributed by atoms with van der Waals surface area (Å²) in [6, 6.07) is 6.76. The van der Waals surface area contributed by atoms with Gasteiger partial charge in [0.2, 0.25) is 0 Å². The Balaban J connectivity index is 2.03. The van der Waals surface area contributed by atoms with Crippen LogP contribution in [0.3, 0.4) is 0 Å². The molecule has 1 aromatic carbocycles. The number of nitrogens with zero attached hydrogens (tertiary/aromatic N) is 1. The molecule has 8 nitrogen and oxygen atoms in total. The summed E-state index contributed by atoms with van der Waals surface area (Å²) in [5, 5.41) is 11.5. The second kappa shape index (κ2) is 9.11. The van der Waals surface area contributed by atoms with Gasteiger partial charge in [-0.3, -0.25) is 4.79 Å². The number of aromatic nitrogens is 2. The lowest BCUT2D eigenvalue weighted by atomic mass is 9.76. The Morgan fingerprint density at radius 1 is 1.30 bits per heavy atom. The summed E-state index contributed by atoms with van der Waals surface area (Å²) in [5.74, 6) is 0.600. The fraction of sp³-hybridized carbons (Fsp3) is 0.455. The van der Waals surface area contributed by atoms with Crippen LogP contribution in [-0.4, -0.2) is 40.9 Å². The van der Waals surface area contributed by atoms with E-state index in [9.17, 15) is 9.59 Å². The van der Waals surface area contributed by atoms with Crippen LogP contribution >= 0.6 is 0 Å². The van der Waals surface area contributed by atoms with Crippen LogP contribution in [0.25, 0.3) is 11.4 Å². The topological polar surface area (TPSA) is 117 Å². The molecule has 0 amide bonds. The number of nitrogens with one attached hydrogen (secondary N) is 3. The van der Waals surface area contributed by atoms with Crippen LogP contribution in [0, 0.1) is 5.41 Å². The molecule has 0 bridgehead atoms. The first-order chi connectivity index (χ1) is 14.4. The number of hydrogen-bond donors (Lipinski definition) is 3. The Bertz CT molecular complexity index is 995. The summed E-state index contributed by atoms with van der Waals surface area (Å²) in [5.41, 5.74) is 0.893. The van der Waals surface area contributed by atoms with Gasteiger partial charge in [0, 0.05) is 11.8 Å². The third-order valence-corrected chi connectivity index (χ3v) is 5.25. The number of carbonyl (C=O) groups is 1. The zero-order valence-electron chi connectivity index (χ0n) is 17.6. The summed E-state index contributed by atoms with van der Waals surface area (Å²) >= 11 is 0. The Labute approximate surface area is 175 Å². The van der Waals surface area contributed by atoms with Gasteiger partial charge in [-0.05, 0) is 50.8 Å². The van der Waals surface area contributed by atoms with Gasteiger partial charge in [0.25, 0.3) is 5.56 Å². The molecule has 0 unspecified atom stereocenters. The van der Waals surface area contributed by atoms with Crippen molar-refractivity contribution < 1.29 is 14.3 Å². The Hall–Kier alpha value is -3.16. The number of rotatable bonds is 9. The van der Waals surface area contributed by atoms with E-state index in [1.165, 1.54) is 13.2 Å². The number of H-pyrrole nitrogens is 1. The van der Waals surface area contributed by atoms with Crippen molar-refractivity contribution in [2.75, 3.05) is 19.0 Å². The highest BCUT2D eigenvalue weighted by atomic mass is 16.5.